The Hall–Kier alpha value is -1.90. The number of benzene rings is 2. The molecule has 0 unspecified atom stereocenters. The molecular formula is C19H16BrN2O3S2+. The Morgan fingerprint density at radius 1 is 1.07 bits per heavy atom. The highest BCUT2D eigenvalue weighted by Crippen LogP contribution is 2.29. The van der Waals surface area contributed by atoms with Gasteiger partial charge in [0.15, 0.2) is 0 Å². The third kappa shape index (κ3) is 3.15. The van der Waals surface area contributed by atoms with Crippen LogP contribution in [0.15, 0.2) is 86.6 Å². The van der Waals surface area contributed by atoms with Crippen molar-refractivity contribution >= 4 is 37.5 Å². The molecular weight excluding hydrogens is 448 g/mol. The first-order valence-electron chi connectivity index (χ1n) is 8.29. The second kappa shape index (κ2) is 7.26. The number of halogens is 1. The Morgan fingerprint density at radius 2 is 1.70 bits per heavy atom. The highest BCUT2D eigenvalue weighted by atomic mass is 79.9. The standard InChI is InChI=1S/C19H16BrN2O3S2/c20-11-15-13-26-19-21(15)12-17(27(24,25)16-9-5-2-6-10-16)18(23)22(19)14-7-3-1-4-8-14/h1-10,12,15H,11,13H2/q+1/t15-/m0/s1. The molecule has 1 atom stereocenters. The van der Waals surface area contributed by atoms with Crippen LogP contribution in [0.4, 0.5) is 0 Å². The van der Waals surface area contributed by atoms with E-state index in [4.69, 9.17) is 0 Å². The average molecular weight is 464 g/mol. The summed E-state index contributed by atoms with van der Waals surface area (Å²) in [6, 6.07) is 17.3. The maximum atomic E-state index is 13.3. The summed E-state index contributed by atoms with van der Waals surface area (Å²) in [6.45, 7) is 0. The van der Waals surface area contributed by atoms with Crippen LogP contribution in [0.1, 0.15) is 6.04 Å². The first-order chi connectivity index (χ1) is 13.0. The van der Waals surface area contributed by atoms with E-state index in [9.17, 15) is 13.2 Å². The lowest BCUT2D eigenvalue weighted by Gasteiger charge is -2.10. The molecule has 0 saturated heterocycles. The van der Waals surface area contributed by atoms with Crippen molar-refractivity contribution in [2.45, 2.75) is 21.0 Å². The summed E-state index contributed by atoms with van der Waals surface area (Å²) in [4.78, 5) is 13.2. The van der Waals surface area contributed by atoms with Crippen molar-refractivity contribution < 1.29 is 13.0 Å². The highest BCUT2D eigenvalue weighted by Gasteiger charge is 2.38. The Bertz CT molecular complexity index is 1150. The molecule has 1 aliphatic heterocycles. The lowest BCUT2D eigenvalue weighted by atomic mass is 10.3. The van der Waals surface area contributed by atoms with Crippen molar-refractivity contribution in [1.82, 2.24) is 4.57 Å². The van der Waals surface area contributed by atoms with E-state index in [1.165, 1.54) is 22.9 Å². The number of nitrogens with zero attached hydrogens (tertiary/aromatic N) is 2. The number of sulfone groups is 1. The van der Waals surface area contributed by atoms with E-state index in [0.29, 0.717) is 11.0 Å². The molecule has 0 aliphatic carbocycles. The van der Waals surface area contributed by atoms with Gasteiger partial charge in [-0.05, 0) is 36.0 Å². The van der Waals surface area contributed by atoms with Crippen molar-refractivity contribution in [2.75, 3.05) is 11.1 Å². The van der Waals surface area contributed by atoms with Crippen LogP contribution in [0.25, 0.3) is 5.69 Å². The Kier molecular flexibility index (Phi) is 4.96. The third-order valence-corrected chi connectivity index (χ3v) is 8.12. The molecule has 0 radical (unpaired) electrons. The summed E-state index contributed by atoms with van der Waals surface area (Å²) in [6.07, 6.45) is 1.49. The molecule has 0 saturated carbocycles. The number of alkyl halides is 1. The van der Waals surface area contributed by atoms with Gasteiger partial charge in [0.2, 0.25) is 14.7 Å². The van der Waals surface area contributed by atoms with Crippen LogP contribution in [-0.4, -0.2) is 24.1 Å². The van der Waals surface area contributed by atoms with Gasteiger partial charge < -0.3 is 0 Å². The number of fused-ring (bicyclic) bond motifs is 1. The van der Waals surface area contributed by atoms with Crippen molar-refractivity contribution in [3.8, 4) is 5.69 Å². The van der Waals surface area contributed by atoms with Crippen molar-refractivity contribution in [3.63, 3.8) is 0 Å². The zero-order valence-corrected chi connectivity index (χ0v) is 17.4. The van der Waals surface area contributed by atoms with Crippen molar-refractivity contribution in [2.24, 2.45) is 0 Å². The number of rotatable bonds is 4. The minimum absolute atomic E-state index is 0.0743. The number of thioether (sulfide) groups is 1. The SMILES string of the molecule is O=c1c(S(=O)(=O)c2ccccc2)c[n+]2c(n1-c1ccccc1)SC[C@@H]2CBr. The van der Waals surface area contributed by atoms with Crippen LogP contribution in [-0.2, 0) is 9.84 Å². The van der Waals surface area contributed by atoms with E-state index in [2.05, 4.69) is 15.9 Å². The predicted molar refractivity (Wildman–Crippen MR) is 108 cm³/mol. The molecule has 0 amide bonds. The molecule has 3 aromatic rings. The average Bonchev–Trinajstić information content (AvgIpc) is 3.11. The third-order valence-electron chi connectivity index (χ3n) is 4.42. The smallest absolute Gasteiger partial charge is 0.239 e. The Morgan fingerprint density at radius 3 is 2.33 bits per heavy atom. The monoisotopic (exact) mass is 463 g/mol. The summed E-state index contributed by atoms with van der Waals surface area (Å²) >= 11 is 5.05. The largest absolute Gasteiger partial charge is 0.362 e. The molecule has 1 aromatic heterocycles. The minimum Gasteiger partial charge on any atom is -0.239 e. The summed E-state index contributed by atoms with van der Waals surface area (Å²) in [5.74, 6) is 0.770. The molecule has 27 heavy (non-hydrogen) atoms. The van der Waals surface area contributed by atoms with Gasteiger partial charge in [-0.25, -0.2) is 17.8 Å². The second-order valence-electron chi connectivity index (χ2n) is 6.09. The van der Waals surface area contributed by atoms with E-state index in [0.717, 1.165) is 10.9 Å². The van der Waals surface area contributed by atoms with Gasteiger partial charge in [0.1, 0.15) is 17.9 Å². The predicted octanol–water partition coefficient (Wildman–Crippen LogP) is 3.00. The van der Waals surface area contributed by atoms with E-state index in [1.807, 2.05) is 34.9 Å². The topological polar surface area (TPSA) is 60.0 Å². The number of para-hydroxylation sites is 1. The van der Waals surface area contributed by atoms with Gasteiger partial charge in [-0.3, -0.25) is 0 Å². The number of hydrogen-bond acceptors (Lipinski definition) is 4. The number of aromatic nitrogens is 2. The van der Waals surface area contributed by atoms with Gasteiger partial charge in [0, 0.05) is 11.1 Å². The van der Waals surface area contributed by atoms with Gasteiger partial charge in [-0.1, -0.05) is 52.3 Å². The first-order valence-corrected chi connectivity index (χ1v) is 11.9. The lowest BCUT2D eigenvalue weighted by Crippen LogP contribution is -2.46. The van der Waals surface area contributed by atoms with Crippen LogP contribution in [0.3, 0.4) is 0 Å². The molecule has 5 nitrogen and oxygen atoms in total. The van der Waals surface area contributed by atoms with Crippen LogP contribution < -0.4 is 10.1 Å². The minimum atomic E-state index is -3.93. The molecule has 0 N–H and O–H groups in total. The van der Waals surface area contributed by atoms with Gasteiger partial charge in [0.05, 0.1) is 4.90 Å². The highest BCUT2D eigenvalue weighted by molar-refractivity contribution is 9.09. The maximum absolute atomic E-state index is 13.3. The van der Waals surface area contributed by atoms with Crippen molar-refractivity contribution in [1.29, 1.82) is 0 Å². The number of hydrogen-bond donors (Lipinski definition) is 0. The zero-order chi connectivity index (χ0) is 19.0. The van der Waals surface area contributed by atoms with Crippen LogP contribution in [0.2, 0.25) is 0 Å². The summed E-state index contributed by atoms with van der Waals surface area (Å²) in [5, 5.41) is 1.41. The van der Waals surface area contributed by atoms with Gasteiger partial charge >= 0.3 is 10.7 Å². The fourth-order valence-electron chi connectivity index (χ4n) is 3.04. The fraction of sp³-hybridized carbons (Fsp3) is 0.158. The van der Waals surface area contributed by atoms with Crippen molar-refractivity contribution in [3.05, 3.63) is 77.2 Å². The molecule has 0 spiro atoms. The van der Waals surface area contributed by atoms with Gasteiger partial charge in [0.25, 0.3) is 0 Å². The molecule has 2 heterocycles. The molecule has 138 valence electrons. The normalized spacial score (nSPS) is 16.3. The van der Waals surface area contributed by atoms with Gasteiger partial charge in [-0.15, -0.1) is 0 Å². The van der Waals surface area contributed by atoms with E-state index in [-0.39, 0.29) is 15.8 Å². The zero-order valence-electron chi connectivity index (χ0n) is 14.2. The van der Waals surface area contributed by atoms with E-state index >= 15 is 0 Å². The molecule has 0 fully saturated rings. The lowest BCUT2D eigenvalue weighted by molar-refractivity contribution is -0.750. The van der Waals surface area contributed by atoms with Crippen LogP contribution >= 0.6 is 27.7 Å². The molecule has 0 bridgehead atoms. The molecule has 8 heteroatoms. The summed E-state index contributed by atoms with van der Waals surface area (Å²) < 4.78 is 29.8. The van der Waals surface area contributed by atoms with Crippen LogP contribution in [0, 0.1) is 0 Å². The second-order valence-corrected chi connectivity index (χ2v) is 9.65. The van der Waals surface area contributed by atoms with Crippen LogP contribution in [0.5, 0.6) is 0 Å². The fourth-order valence-corrected chi connectivity index (χ4v) is 6.51. The van der Waals surface area contributed by atoms with E-state index < -0.39 is 15.4 Å². The molecule has 4 rings (SSSR count). The quantitative estimate of drug-likeness (QED) is 0.339. The summed E-state index contributed by atoms with van der Waals surface area (Å²) in [5.41, 5.74) is 0.123. The van der Waals surface area contributed by atoms with Gasteiger partial charge in [-0.2, -0.15) is 4.57 Å². The summed E-state index contributed by atoms with van der Waals surface area (Å²) in [7, 11) is -3.93. The van der Waals surface area contributed by atoms with E-state index in [1.54, 1.807) is 30.0 Å². The molecule has 1 aliphatic rings. The Labute approximate surface area is 169 Å². The Balaban J connectivity index is 2.04. The molecule has 2 aromatic carbocycles. The maximum Gasteiger partial charge on any atom is 0.362 e. The first kappa shape index (κ1) is 18.5.